The van der Waals surface area contributed by atoms with E-state index in [0.29, 0.717) is 11.5 Å². The molecule has 122 valence electrons. The molecule has 0 saturated heterocycles. The molecule has 1 aromatic carbocycles. The summed E-state index contributed by atoms with van der Waals surface area (Å²) in [5, 5.41) is 11.5. The molecule has 0 aliphatic carbocycles. The number of rotatable bonds is 6. The number of amides is 1. The molecule has 1 aliphatic heterocycles. The van der Waals surface area contributed by atoms with Gasteiger partial charge in [0, 0.05) is 6.08 Å². The molecule has 23 heavy (non-hydrogen) atoms. The van der Waals surface area contributed by atoms with Crippen molar-refractivity contribution in [3.8, 4) is 11.5 Å². The number of aliphatic carboxylic acids is 1. The summed E-state index contributed by atoms with van der Waals surface area (Å²) < 4.78 is 10.5. The Labute approximate surface area is 134 Å². The number of carbonyl (C=O) groups excluding carboxylic acids is 1. The van der Waals surface area contributed by atoms with Gasteiger partial charge in [-0.1, -0.05) is 38.1 Å². The van der Waals surface area contributed by atoms with Crippen LogP contribution in [-0.4, -0.2) is 29.8 Å². The standard InChI is InChI=1S/C17H19NO5/c1-11(2)16(17(20)21)18-15(19)6-4-3-5-12-7-8-13-14(9-12)23-10-22-13/h3-9,11,16H,10H2,1-2H3,(H,18,19)(H,20,21)/b5-3+,6-4+/t16-/m0/s1. The van der Waals surface area contributed by atoms with Gasteiger partial charge >= 0.3 is 5.97 Å². The van der Waals surface area contributed by atoms with Gasteiger partial charge in [0.1, 0.15) is 6.04 Å². The van der Waals surface area contributed by atoms with Crippen LogP contribution in [0.15, 0.2) is 36.4 Å². The number of nitrogens with one attached hydrogen (secondary N) is 1. The van der Waals surface area contributed by atoms with Gasteiger partial charge in [0.05, 0.1) is 0 Å². The van der Waals surface area contributed by atoms with Gasteiger partial charge in [-0.25, -0.2) is 4.79 Å². The summed E-state index contributed by atoms with van der Waals surface area (Å²) in [6.45, 7) is 3.70. The van der Waals surface area contributed by atoms with Crippen molar-refractivity contribution in [2.45, 2.75) is 19.9 Å². The van der Waals surface area contributed by atoms with E-state index in [1.54, 1.807) is 26.0 Å². The smallest absolute Gasteiger partial charge is 0.326 e. The lowest BCUT2D eigenvalue weighted by atomic mass is 10.0. The van der Waals surface area contributed by atoms with Crippen LogP contribution in [0.2, 0.25) is 0 Å². The minimum Gasteiger partial charge on any atom is -0.480 e. The first kappa shape index (κ1) is 16.6. The summed E-state index contributed by atoms with van der Waals surface area (Å²) in [7, 11) is 0. The lowest BCUT2D eigenvalue weighted by Gasteiger charge is -2.16. The van der Waals surface area contributed by atoms with E-state index < -0.39 is 17.9 Å². The van der Waals surface area contributed by atoms with Crippen LogP contribution < -0.4 is 14.8 Å². The predicted molar refractivity (Wildman–Crippen MR) is 85.1 cm³/mol. The fourth-order valence-corrected chi connectivity index (χ4v) is 2.04. The van der Waals surface area contributed by atoms with Crippen molar-refractivity contribution < 1.29 is 24.2 Å². The summed E-state index contributed by atoms with van der Waals surface area (Å²) >= 11 is 0. The van der Waals surface area contributed by atoms with Gasteiger partial charge in [0.25, 0.3) is 0 Å². The number of carboxylic acid groups (broad SMARTS) is 1. The Balaban J connectivity index is 1.90. The number of allylic oxidation sites excluding steroid dienone is 2. The predicted octanol–water partition coefficient (Wildman–Crippen LogP) is 2.21. The topological polar surface area (TPSA) is 84.9 Å². The van der Waals surface area contributed by atoms with E-state index in [0.717, 1.165) is 5.56 Å². The summed E-state index contributed by atoms with van der Waals surface area (Å²) in [6.07, 6.45) is 6.35. The van der Waals surface area contributed by atoms with Crippen molar-refractivity contribution in [3.63, 3.8) is 0 Å². The highest BCUT2D eigenvalue weighted by atomic mass is 16.7. The molecule has 0 saturated carbocycles. The maximum absolute atomic E-state index is 11.7. The molecule has 1 aromatic rings. The molecule has 1 heterocycles. The van der Waals surface area contributed by atoms with E-state index in [1.165, 1.54) is 6.08 Å². The minimum absolute atomic E-state index is 0.186. The fraction of sp³-hybridized carbons (Fsp3) is 0.294. The molecule has 6 nitrogen and oxygen atoms in total. The van der Waals surface area contributed by atoms with Gasteiger partial charge in [-0.3, -0.25) is 4.79 Å². The normalized spacial score (nSPS) is 14.6. The largest absolute Gasteiger partial charge is 0.480 e. The number of benzene rings is 1. The van der Waals surface area contributed by atoms with Crippen LogP contribution in [0.5, 0.6) is 11.5 Å². The van der Waals surface area contributed by atoms with Gasteiger partial charge in [0.15, 0.2) is 11.5 Å². The molecule has 1 atom stereocenters. The minimum atomic E-state index is -1.04. The molecule has 2 N–H and O–H groups in total. The first-order chi connectivity index (χ1) is 11.0. The maximum Gasteiger partial charge on any atom is 0.326 e. The van der Waals surface area contributed by atoms with Crippen molar-refractivity contribution in [3.05, 3.63) is 42.0 Å². The lowest BCUT2D eigenvalue weighted by Crippen LogP contribution is -2.43. The Kier molecular flexibility index (Phi) is 5.41. The fourth-order valence-electron chi connectivity index (χ4n) is 2.04. The SMILES string of the molecule is CC(C)[C@H](NC(=O)/C=C/C=C/c1ccc2c(c1)OCO2)C(=O)O. The number of ether oxygens (including phenoxy) is 2. The molecule has 1 amide bonds. The summed E-state index contributed by atoms with van der Waals surface area (Å²) in [5.74, 6) is -0.270. The number of hydrogen-bond donors (Lipinski definition) is 2. The summed E-state index contributed by atoms with van der Waals surface area (Å²) in [6, 6.07) is 4.63. The zero-order valence-corrected chi connectivity index (χ0v) is 13.0. The second kappa shape index (κ2) is 7.49. The second-order valence-corrected chi connectivity index (χ2v) is 5.40. The Bertz CT molecular complexity index is 648. The first-order valence-electron chi connectivity index (χ1n) is 7.25. The average molecular weight is 317 g/mol. The van der Waals surface area contributed by atoms with Crippen LogP contribution in [0.3, 0.4) is 0 Å². The highest BCUT2D eigenvalue weighted by molar-refractivity contribution is 5.91. The quantitative estimate of drug-likeness (QED) is 0.621. The van der Waals surface area contributed by atoms with Crippen LogP contribution in [0, 0.1) is 5.92 Å². The highest BCUT2D eigenvalue weighted by Crippen LogP contribution is 2.32. The summed E-state index contributed by atoms with van der Waals surface area (Å²) in [5.41, 5.74) is 0.907. The van der Waals surface area contributed by atoms with Crippen LogP contribution >= 0.6 is 0 Å². The third kappa shape index (κ3) is 4.60. The Hall–Kier alpha value is -2.76. The number of carboxylic acids is 1. The van der Waals surface area contributed by atoms with Gasteiger partial charge in [-0.05, 0) is 23.6 Å². The van der Waals surface area contributed by atoms with E-state index in [-0.39, 0.29) is 12.7 Å². The molecule has 0 radical (unpaired) electrons. The number of carbonyl (C=O) groups is 2. The number of hydrogen-bond acceptors (Lipinski definition) is 4. The van der Waals surface area contributed by atoms with E-state index in [2.05, 4.69) is 5.32 Å². The van der Waals surface area contributed by atoms with Gasteiger partial charge in [0.2, 0.25) is 12.7 Å². The Morgan fingerprint density at radius 3 is 2.65 bits per heavy atom. The average Bonchev–Trinajstić information content (AvgIpc) is 2.96. The van der Waals surface area contributed by atoms with Crippen molar-refractivity contribution >= 4 is 18.0 Å². The van der Waals surface area contributed by atoms with Crippen molar-refractivity contribution in [1.29, 1.82) is 0 Å². The lowest BCUT2D eigenvalue weighted by molar-refractivity contribution is -0.142. The second-order valence-electron chi connectivity index (χ2n) is 5.40. The molecule has 0 aromatic heterocycles. The van der Waals surface area contributed by atoms with Crippen molar-refractivity contribution in [1.82, 2.24) is 5.32 Å². The van der Waals surface area contributed by atoms with Gasteiger partial charge in [-0.15, -0.1) is 0 Å². The molecule has 0 spiro atoms. The van der Waals surface area contributed by atoms with Crippen LogP contribution in [0.25, 0.3) is 6.08 Å². The third-order valence-corrected chi connectivity index (χ3v) is 3.27. The third-order valence-electron chi connectivity index (χ3n) is 3.27. The van der Waals surface area contributed by atoms with Gasteiger partial charge < -0.3 is 19.9 Å². The monoisotopic (exact) mass is 317 g/mol. The van der Waals surface area contributed by atoms with E-state index in [1.807, 2.05) is 24.3 Å². The molecule has 0 fully saturated rings. The molecular weight excluding hydrogens is 298 g/mol. The van der Waals surface area contributed by atoms with Crippen LogP contribution in [0.1, 0.15) is 19.4 Å². The molecule has 1 aliphatic rings. The van der Waals surface area contributed by atoms with Gasteiger partial charge in [-0.2, -0.15) is 0 Å². The molecule has 2 rings (SSSR count). The first-order valence-corrected chi connectivity index (χ1v) is 7.25. The van der Waals surface area contributed by atoms with E-state index in [4.69, 9.17) is 14.6 Å². The maximum atomic E-state index is 11.7. The van der Waals surface area contributed by atoms with Crippen molar-refractivity contribution in [2.75, 3.05) is 6.79 Å². The zero-order valence-electron chi connectivity index (χ0n) is 13.0. The van der Waals surface area contributed by atoms with Crippen LogP contribution in [0.4, 0.5) is 0 Å². The highest BCUT2D eigenvalue weighted by Gasteiger charge is 2.22. The molecular formula is C17H19NO5. The van der Waals surface area contributed by atoms with Crippen molar-refractivity contribution in [2.24, 2.45) is 5.92 Å². The zero-order chi connectivity index (χ0) is 16.8. The Morgan fingerprint density at radius 2 is 1.96 bits per heavy atom. The van der Waals surface area contributed by atoms with E-state index in [9.17, 15) is 9.59 Å². The van der Waals surface area contributed by atoms with Crippen LogP contribution in [-0.2, 0) is 9.59 Å². The Morgan fingerprint density at radius 1 is 1.22 bits per heavy atom. The summed E-state index contributed by atoms with van der Waals surface area (Å²) in [4.78, 5) is 22.7. The molecule has 0 unspecified atom stereocenters. The number of fused-ring (bicyclic) bond motifs is 1. The molecule has 0 bridgehead atoms. The van der Waals surface area contributed by atoms with E-state index >= 15 is 0 Å². The molecule has 6 heteroatoms.